The number of carbonyl (C=O) groups excluding carboxylic acids is 2. The average Bonchev–Trinajstić information content (AvgIpc) is 3.12. The molecule has 6 heteroatoms. The molecule has 1 aromatic heterocycles. The molecular weight excluding hydrogens is 310 g/mol. The predicted molar refractivity (Wildman–Crippen MR) is 91.4 cm³/mol. The van der Waals surface area contributed by atoms with E-state index in [1.165, 1.54) is 4.88 Å². The second-order valence-electron chi connectivity index (χ2n) is 6.83. The van der Waals surface area contributed by atoms with Crippen LogP contribution in [0, 0.1) is 17.8 Å². The molecule has 1 aliphatic heterocycles. The smallest absolute Gasteiger partial charge is 0.319 e. The number of urea groups is 1. The zero-order valence-corrected chi connectivity index (χ0v) is 14.6. The van der Waals surface area contributed by atoms with Crippen LogP contribution in [0.25, 0.3) is 0 Å². The Kier molecular flexibility index (Phi) is 4.90. The van der Waals surface area contributed by atoms with Crippen LogP contribution in [0.15, 0.2) is 17.5 Å². The third-order valence-electron chi connectivity index (χ3n) is 5.04. The van der Waals surface area contributed by atoms with Gasteiger partial charge in [0, 0.05) is 44.5 Å². The summed E-state index contributed by atoms with van der Waals surface area (Å²) >= 11 is 1.73. The molecule has 1 saturated carbocycles. The Morgan fingerprint density at radius 3 is 2.57 bits per heavy atom. The molecule has 3 amide bonds. The highest BCUT2D eigenvalue weighted by molar-refractivity contribution is 7.09. The number of thiophene rings is 1. The maximum absolute atomic E-state index is 12.6. The van der Waals surface area contributed by atoms with E-state index in [1.54, 1.807) is 30.3 Å². The van der Waals surface area contributed by atoms with Crippen molar-refractivity contribution in [2.75, 3.05) is 33.7 Å². The van der Waals surface area contributed by atoms with E-state index in [4.69, 9.17) is 0 Å². The van der Waals surface area contributed by atoms with Gasteiger partial charge < -0.3 is 15.1 Å². The zero-order valence-electron chi connectivity index (χ0n) is 13.8. The summed E-state index contributed by atoms with van der Waals surface area (Å²) in [5, 5.41) is 5.18. The molecule has 2 bridgehead atoms. The summed E-state index contributed by atoms with van der Waals surface area (Å²) in [6, 6.07) is 4.21. The standard InChI is InChI=1S/C17H25N3O2S/c1-19(2)17(22)20-10-12-5-6-13(11-20)15(12)16(21)18-8-7-14-4-3-9-23-14/h3-4,9,12-13,15H,5-8,10-11H2,1-2H3,(H,18,21)/t12-,13+,15?. The van der Waals surface area contributed by atoms with Gasteiger partial charge in [-0.3, -0.25) is 4.79 Å². The molecule has 3 rings (SSSR count). The van der Waals surface area contributed by atoms with Crippen LogP contribution in [0.2, 0.25) is 0 Å². The molecule has 1 aliphatic carbocycles. The van der Waals surface area contributed by atoms with Crippen LogP contribution in [0.4, 0.5) is 4.79 Å². The van der Waals surface area contributed by atoms with Crippen molar-refractivity contribution in [1.29, 1.82) is 0 Å². The number of carbonyl (C=O) groups is 2. The Bertz CT molecular complexity index is 544. The van der Waals surface area contributed by atoms with Gasteiger partial charge >= 0.3 is 6.03 Å². The monoisotopic (exact) mass is 335 g/mol. The lowest BCUT2D eigenvalue weighted by atomic mass is 9.84. The van der Waals surface area contributed by atoms with Gasteiger partial charge in [0.05, 0.1) is 0 Å². The molecule has 1 saturated heterocycles. The molecule has 0 radical (unpaired) electrons. The number of nitrogens with zero attached hydrogens (tertiary/aromatic N) is 2. The minimum Gasteiger partial charge on any atom is -0.355 e. The lowest BCUT2D eigenvalue weighted by molar-refractivity contribution is -0.128. The van der Waals surface area contributed by atoms with Crippen LogP contribution >= 0.6 is 11.3 Å². The molecule has 2 fully saturated rings. The fraction of sp³-hybridized carbons (Fsp3) is 0.647. The predicted octanol–water partition coefficient (Wildman–Crippen LogP) is 2.05. The third-order valence-corrected chi connectivity index (χ3v) is 5.98. The Hall–Kier alpha value is -1.56. The number of nitrogens with one attached hydrogen (secondary N) is 1. The highest BCUT2D eigenvalue weighted by Gasteiger charge is 2.46. The van der Waals surface area contributed by atoms with Gasteiger partial charge in [0.15, 0.2) is 0 Å². The lowest BCUT2D eigenvalue weighted by Crippen LogP contribution is -2.52. The normalized spacial score (nSPS) is 26.2. The SMILES string of the molecule is CN(C)C(=O)N1C[C@H]2CC[C@@H](C1)C2C(=O)NCCc1cccs1. The van der Waals surface area contributed by atoms with E-state index in [2.05, 4.69) is 16.8 Å². The van der Waals surface area contributed by atoms with Gasteiger partial charge in [-0.25, -0.2) is 4.79 Å². The zero-order chi connectivity index (χ0) is 16.4. The number of likely N-dealkylation sites (tertiary alicyclic amines) is 1. The fourth-order valence-corrected chi connectivity index (χ4v) is 4.68. The van der Waals surface area contributed by atoms with Gasteiger partial charge in [-0.15, -0.1) is 11.3 Å². The van der Waals surface area contributed by atoms with E-state index in [0.29, 0.717) is 18.4 Å². The summed E-state index contributed by atoms with van der Waals surface area (Å²) in [5.41, 5.74) is 0. The first-order chi connectivity index (χ1) is 11.1. The molecular formula is C17H25N3O2S. The van der Waals surface area contributed by atoms with E-state index >= 15 is 0 Å². The molecule has 0 aromatic carbocycles. The fourth-order valence-electron chi connectivity index (χ4n) is 3.97. The summed E-state index contributed by atoms with van der Waals surface area (Å²) in [7, 11) is 3.57. The third kappa shape index (κ3) is 3.52. The van der Waals surface area contributed by atoms with Crippen LogP contribution in [-0.4, -0.2) is 55.5 Å². The molecule has 126 valence electrons. The second-order valence-corrected chi connectivity index (χ2v) is 7.86. The van der Waals surface area contributed by atoms with Gasteiger partial charge in [0.25, 0.3) is 0 Å². The summed E-state index contributed by atoms with van der Waals surface area (Å²) in [6.07, 6.45) is 3.02. The average molecular weight is 335 g/mol. The molecule has 1 aromatic rings. The van der Waals surface area contributed by atoms with Gasteiger partial charge in [-0.05, 0) is 42.5 Å². The van der Waals surface area contributed by atoms with Crippen LogP contribution in [0.3, 0.4) is 0 Å². The Balaban J connectivity index is 1.53. The first-order valence-corrected chi connectivity index (χ1v) is 9.20. The summed E-state index contributed by atoms with van der Waals surface area (Å²) < 4.78 is 0. The number of rotatable bonds is 4. The molecule has 0 spiro atoms. The van der Waals surface area contributed by atoms with Crippen molar-refractivity contribution in [1.82, 2.24) is 15.1 Å². The number of hydrogen-bond acceptors (Lipinski definition) is 3. The van der Waals surface area contributed by atoms with E-state index in [1.807, 2.05) is 11.0 Å². The van der Waals surface area contributed by atoms with Gasteiger partial charge in [-0.2, -0.15) is 0 Å². The molecule has 23 heavy (non-hydrogen) atoms. The highest BCUT2D eigenvalue weighted by Crippen LogP contribution is 2.42. The second kappa shape index (κ2) is 6.91. The van der Waals surface area contributed by atoms with E-state index in [9.17, 15) is 9.59 Å². The van der Waals surface area contributed by atoms with E-state index in [0.717, 1.165) is 32.4 Å². The number of amides is 3. The molecule has 2 aliphatic rings. The minimum absolute atomic E-state index is 0.0680. The maximum Gasteiger partial charge on any atom is 0.319 e. The summed E-state index contributed by atoms with van der Waals surface area (Å²) in [6.45, 7) is 2.14. The Morgan fingerprint density at radius 2 is 2.00 bits per heavy atom. The van der Waals surface area contributed by atoms with Crippen LogP contribution in [0.5, 0.6) is 0 Å². The van der Waals surface area contributed by atoms with E-state index < -0.39 is 0 Å². The summed E-state index contributed by atoms with van der Waals surface area (Å²) in [5.74, 6) is 0.911. The van der Waals surface area contributed by atoms with Gasteiger partial charge in [0.1, 0.15) is 0 Å². The number of hydrogen-bond donors (Lipinski definition) is 1. The molecule has 2 heterocycles. The van der Waals surface area contributed by atoms with Crippen molar-refractivity contribution >= 4 is 23.3 Å². The molecule has 1 unspecified atom stereocenters. The quantitative estimate of drug-likeness (QED) is 0.915. The van der Waals surface area contributed by atoms with Crippen LogP contribution in [0.1, 0.15) is 17.7 Å². The van der Waals surface area contributed by atoms with E-state index in [-0.39, 0.29) is 17.9 Å². The lowest BCUT2D eigenvalue weighted by Gasteiger charge is -2.38. The van der Waals surface area contributed by atoms with Crippen LogP contribution < -0.4 is 5.32 Å². The number of fused-ring (bicyclic) bond motifs is 2. The molecule has 5 nitrogen and oxygen atoms in total. The maximum atomic E-state index is 12.6. The minimum atomic E-state index is 0.0680. The van der Waals surface area contributed by atoms with Gasteiger partial charge in [0.2, 0.25) is 5.91 Å². The Morgan fingerprint density at radius 1 is 1.30 bits per heavy atom. The van der Waals surface area contributed by atoms with Crippen molar-refractivity contribution in [2.45, 2.75) is 19.3 Å². The largest absolute Gasteiger partial charge is 0.355 e. The Labute approximate surface area is 141 Å². The molecule has 3 atom stereocenters. The number of piperidine rings is 1. The van der Waals surface area contributed by atoms with Crippen molar-refractivity contribution in [3.63, 3.8) is 0 Å². The topological polar surface area (TPSA) is 52.7 Å². The van der Waals surface area contributed by atoms with Crippen molar-refractivity contribution in [3.8, 4) is 0 Å². The first-order valence-electron chi connectivity index (χ1n) is 8.32. The highest BCUT2D eigenvalue weighted by atomic mass is 32.1. The van der Waals surface area contributed by atoms with Crippen molar-refractivity contribution in [3.05, 3.63) is 22.4 Å². The van der Waals surface area contributed by atoms with Crippen molar-refractivity contribution < 1.29 is 9.59 Å². The molecule has 1 N–H and O–H groups in total. The van der Waals surface area contributed by atoms with Crippen molar-refractivity contribution in [2.24, 2.45) is 17.8 Å². The van der Waals surface area contributed by atoms with Gasteiger partial charge in [-0.1, -0.05) is 6.07 Å². The summed E-state index contributed by atoms with van der Waals surface area (Å²) in [4.78, 5) is 29.6. The first kappa shape index (κ1) is 16.3. The van der Waals surface area contributed by atoms with Crippen LogP contribution in [-0.2, 0) is 11.2 Å².